The van der Waals surface area contributed by atoms with Crippen LogP contribution in [0.1, 0.15) is 18.9 Å². The number of hydrogen-bond acceptors (Lipinski definition) is 7. The number of hydrogen-bond donors (Lipinski definition) is 3. The van der Waals surface area contributed by atoms with Crippen molar-refractivity contribution in [2.45, 2.75) is 19.8 Å². The van der Waals surface area contributed by atoms with E-state index in [1.54, 1.807) is 0 Å². The SMILES string of the molecule is CCCc1c(NN)ncnc1NCCOCCN(C)C. The van der Waals surface area contributed by atoms with Gasteiger partial charge in [0, 0.05) is 18.7 Å². The number of hydrazine groups is 1. The van der Waals surface area contributed by atoms with Crippen LogP contribution in [-0.2, 0) is 11.2 Å². The predicted octanol–water partition coefficient (Wildman–Crippen LogP) is 0.705. The fourth-order valence-corrected chi connectivity index (χ4v) is 1.77. The Hall–Kier alpha value is -1.44. The highest BCUT2D eigenvalue weighted by molar-refractivity contribution is 5.56. The second-order valence-corrected chi connectivity index (χ2v) is 4.79. The first-order chi connectivity index (χ1) is 9.69. The van der Waals surface area contributed by atoms with Crippen molar-refractivity contribution in [1.82, 2.24) is 14.9 Å². The Kier molecular flexibility index (Phi) is 7.86. The van der Waals surface area contributed by atoms with Crippen molar-refractivity contribution in [2.75, 3.05) is 51.1 Å². The lowest BCUT2D eigenvalue weighted by Crippen LogP contribution is -2.20. The van der Waals surface area contributed by atoms with E-state index in [1.807, 2.05) is 14.1 Å². The van der Waals surface area contributed by atoms with Crippen molar-refractivity contribution in [3.05, 3.63) is 11.9 Å². The molecule has 114 valence electrons. The summed E-state index contributed by atoms with van der Waals surface area (Å²) in [6, 6.07) is 0. The number of nitrogens with zero attached hydrogens (tertiary/aromatic N) is 3. The third kappa shape index (κ3) is 5.68. The largest absolute Gasteiger partial charge is 0.378 e. The molecular formula is C13H26N6O. The molecule has 0 atom stereocenters. The van der Waals surface area contributed by atoms with E-state index in [2.05, 4.69) is 32.5 Å². The smallest absolute Gasteiger partial charge is 0.148 e. The lowest BCUT2D eigenvalue weighted by Gasteiger charge is -2.14. The molecule has 0 aliphatic rings. The highest BCUT2D eigenvalue weighted by Gasteiger charge is 2.09. The number of nitrogens with two attached hydrogens (primary N) is 1. The van der Waals surface area contributed by atoms with E-state index in [9.17, 15) is 0 Å². The second kappa shape index (κ2) is 9.46. The maximum Gasteiger partial charge on any atom is 0.148 e. The average molecular weight is 282 g/mol. The minimum absolute atomic E-state index is 0.648. The van der Waals surface area contributed by atoms with Gasteiger partial charge in [0.1, 0.15) is 18.0 Å². The summed E-state index contributed by atoms with van der Waals surface area (Å²) >= 11 is 0. The Labute approximate surface area is 120 Å². The zero-order chi connectivity index (χ0) is 14.8. The molecule has 0 unspecified atom stereocenters. The van der Waals surface area contributed by atoms with Crippen LogP contribution in [0.2, 0.25) is 0 Å². The first-order valence-electron chi connectivity index (χ1n) is 6.95. The standard InChI is InChI=1S/C13H26N6O/c1-4-5-11-12(16-10-17-13(11)18-14)15-6-8-20-9-7-19(2)3/h10H,4-9,14H2,1-3H3,(H2,15,16,17,18). The molecule has 0 aromatic carbocycles. The maximum atomic E-state index is 5.53. The van der Waals surface area contributed by atoms with E-state index in [4.69, 9.17) is 10.6 Å². The van der Waals surface area contributed by atoms with Gasteiger partial charge in [-0.3, -0.25) is 0 Å². The van der Waals surface area contributed by atoms with E-state index >= 15 is 0 Å². The summed E-state index contributed by atoms with van der Waals surface area (Å²) in [5.41, 5.74) is 3.64. The van der Waals surface area contributed by atoms with Crippen molar-refractivity contribution in [1.29, 1.82) is 0 Å². The molecule has 0 radical (unpaired) electrons. The summed E-state index contributed by atoms with van der Waals surface area (Å²) < 4.78 is 5.53. The Bertz CT molecular complexity index is 385. The van der Waals surface area contributed by atoms with Crippen LogP contribution in [0.3, 0.4) is 0 Å². The summed E-state index contributed by atoms with van der Waals surface area (Å²) in [6.45, 7) is 5.13. The van der Waals surface area contributed by atoms with Crippen molar-refractivity contribution >= 4 is 11.6 Å². The first-order valence-corrected chi connectivity index (χ1v) is 6.95. The molecule has 4 N–H and O–H groups in total. The first kappa shape index (κ1) is 16.6. The second-order valence-electron chi connectivity index (χ2n) is 4.79. The van der Waals surface area contributed by atoms with E-state index in [-0.39, 0.29) is 0 Å². The van der Waals surface area contributed by atoms with Crippen LogP contribution in [0, 0.1) is 0 Å². The summed E-state index contributed by atoms with van der Waals surface area (Å²) in [5, 5.41) is 3.28. The zero-order valence-corrected chi connectivity index (χ0v) is 12.6. The van der Waals surface area contributed by atoms with Crippen molar-refractivity contribution in [3.63, 3.8) is 0 Å². The van der Waals surface area contributed by atoms with Gasteiger partial charge in [-0.1, -0.05) is 13.3 Å². The predicted molar refractivity (Wildman–Crippen MR) is 81.7 cm³/mol. The maximum absolute atomic E-state index is 5.53. The molecule has 20 heavy (non-hydrogen) atoms. The molecule has 1 heterocycles. The number of nitrogen functional groups attached to an aromatic ring is 1. The lowest BCUT2D eigenvalue weighted by atomic mass is 10.1. The van der Waals surface area contributed by atoms with Crippen LogP contribution < -0.4 is 16.6 Å². The average Bonchev–Trinajstić information content (AvgIpc) is 2.44. The summed E-state index contributed by atoms with van der Waals surface area (Å²) in [4.78, 5) is 10.5. The van der Waals surface area contributed by atoms with E-state index in [0.717, 1.165) is 37.4 Å². The summed E-state index contributed by atoms with van der Waals surface area (Å²) in [5.74, 6) is 6.98. The number of anilines is 2. The summed E-state index contributed by atoms with van der Waals surface area (Å²) in [6.07, 6.45) is 3.39. The lowest BCUT2D eigenvalue weighted by molar-refractivity contribution is 0.126. The molecule has 7 heteroatoms. The third-order valence-electron chi connectivity index (χ3n) is 2.80. The van der Waals surface area contributed by atoms with E-state index in [1.165, 1.54) is 6.33 Å². The van der Waals surface area contributed by atoms with Crippen molar-refractivity contribution < 1.29 is 4.74 Å². The third-order valence-corrected chi connectivity index (χ3v) is 2.80. The van der Waals surface area contributed by atoms with Gasteiger partial charge < -0.3 is 20.4 Å². The fourth-order valence-electron chi connectivity index (χ4n) is 1.77. The van der Waals surface area contributed by atoms with Crippen LogP contribution in [0.4, 0.5) is 11.6 Å². The molecule has 0 aliphatic heterocycles. The molecule has 1 rings (SSSR count). The van der Waals surface area contributed by atoms with Gasteiger partial charge in [-0.2, -0.15) is 0 Å². The van der Waals surface area contributed by atoms with Crippen LogP contribution in [0.15, 0.2) is 6.33 Å². The van der Waals surface area contributed by atoms with Gasteiger partial charge in [0.15, 0.2) is 0 Å². The van der Waals surface area contributed by atoms with Gasteiger partial charge >= 0.3 is 0 Å². The molecule has 0 spiro atoms. The van der Waals surface area contributed by atoms with Crippen molar-refractivity contribution in [2.24, 2.45) is 5.84 Å². The molecule has 0 bridgehead atoms. The fraction of sp³-hybridized carbons (Fsp3) is 0.692. The highest BCUT2D eigenvalue weighted by atomic mass is 16.5. The number of rotatable bonds is 10. The summed E-state index contributed by atoms with van der Waals surface area (Å²) in [7, 11) is 4.06. The Morgan fingerprint density at radius 1 is 1.25 bits per heavy atom. The zero-order valence-electron chi connectivity index (χ0n) is 12.6. The molecule has 1 aromatic rings. The minimum atomic E-state index is 0.648. The molecular weight excluding hydrogens is 256 g/mol. The number of likely N-dealkylation sites (N-methyl/N-ethyl adjacent to an activating group) is 1. The minimum Gasteiger partial charge on any atom is -0.378 e. The van der Waals surface area contributed by atoms with Gasteiger partial charge in [0.25, 0.3) is 0 Å². The van der Waals surface area contributed by atoms with Gasteiger partial charge in [-0.25, -0.2) is 15.8 Å². The number of ether oxygens (including phenoxy) is 1. The van der Waals surface area contributed by atoms with Crippen LogP contribution in [-0.4, -0.2) is 55.3 Å². The highest BCUT2D eigenvalue weighted by Crippen LogP contribution is 2.20. The van der Waals surface area contributed by atoms with Crippen LogP contribution in [0.25, 0.3) is 0 Å². The van der Waals surface area contributed by atoms with E-state index in [0.29, 0.717) is 19.0 Å². The van der Waals surface area contributed by atoms with Crippen LogP contribution in [0.5, 0.6) is 0 Å². The van der Waals surface area contributed by atoms with Crippen molar-refractivity contribution in [3.8, 4) is 0 Å². The van der Waals surface area contributed by atoms with Gasteiger partial charge in [-0.15, -0.1) is 0 Å². The number of nitrogens with one attached hydrogen (secondary N) is 2. The molecule has 0 fully saturated rings. The van der Waals surface area contributed by atoms with E-state index < -0.39 is 0 Å². The van der Waals surface area contributed by atoms with Gasteiger partial charge in [-0.05, 0) is 20.5 Å². The Morgan fingerprint density at radius 2 is 2.00 bits per heavy atom. The van der Waals surface area contributed by atoms with Gasteiger partial charge in [0.05, 0.1) is 13.2 Å². The Morgan fingerprint density at radius 3 is 2.65 bits per heavy atom. The van der Waals surface area contributed by atoms with Gasteiger partial charge in [0.2, 0.25) is 0 Å². The topological polar surface area (TPSA) is 88.3 Å². The number of aromatic nitrogens is 2. The monoisotopic (exact) mass is 282 g/mol. The molecule has 0 aliphatic carbocycles. The molecule has 0 saturated carbocycles. The molecule has 0 amide bonds. The molecule has 7 nitrogen and oxygen atoms in total. The van der Waals surface area contributed by atoms with Crippen LogP contribution >= 0.6 is 0 Å². The molecule has 1 aromatic heterocycles. The quantitative estimate of drug-likeness (QED) is 0.331. The molecule has 0 saturated heterocycles. The Balaban J connectivity index is 2.42. The normalized spacial score (nSPS) is 10.8.